The molecule has 2 rings (SSSR count). The summed E-state index contributed by atoms with van der Waals surface area (Å²) < 4.78 is 25.6. The minimum Gasteiger partial charge on any atom is -0.463 e. The highest BCUT2D eigenvalue weighted by Gasteiger charge is 2.55. The Kier molecular flexibility index (Phi) is 5.04. The lowest BCUT2D eigenvalue weighted by molar-refractivity contribution is -0.249. The van der Waals surface area contributed by atoms with Crippen LogP contribution in [-0.2, 0) is 38.1 Å². The van der Waals surface area contributed by atoms with E-state index in [9.17, 15) is 19.2 Å². The number of rotatable bonds is 4. The lowest BCUT2D eigenvalue weighted by Gasteiger charge is -2.40. The van der Waals surface area contributed by atoms with Gasteiger partial charge in [0.2, 0.25) is 6.29 Å². The monoisotopic (exact) mass is 331 g/mol. The highest BCUT2D eigenvalue weighted by Crippen LogP contribution is 2.30. The molecular formula is C13H17NO9. The van der Waals surface area contributed by atoms with Crippen LogP contribution >= 0.6 is 0 Å². The van der Waals surface area contributed by atoms with Gasteiger partial charge in [0, 0.05) is 20.8 Å². The first kappa shape index (κ1) is 17.0. The zero-order valence-corrected chi connectivity index (χ0v) is 12.8. The van der Waals surface area contributed by atoms with Gasteiger partial charge in [0.05, 0.1) is 0 Å². The Labute approximate surface area is 131 Å². The minimum atomic E-state index is -1.07. The molecule has 2 heterocycles. The molecule has 0 aromatic rings. The van der Waals surface area contributed by atoms with Crippen LogP contribution < -0.4 is 5.32 Å². The van der Waals surface area contributed by atoms with Gasteiger partial charge in [-0.1, -0.05) is 0 Å². The van der Waals surface area contributed by atoms with Gasteiger partial charge in [-0.05, 0) is 0 Å². The zero-order chi connectivity index (χ0) is 17.1. The van der Waals surface area contributed by atoms with Crippen molar-refractivity contribution in [3.8, 4) is 0 Å². The standard InChI is InChI=1S/C13H17NO9/c1-5(15)19-4-8-10(20-6(2)16)11(21-7(3)17)9-12(22-8)23-13(18)14-9/h8-12H,4H2,1-3H3,(H,14,18)/t8-,9-,10-,11-,12+/m1/s1. The van der Waals surface area contributed by atoms with Crippen LogP contribution in [0.25, 0.3) is 0 Å². The number of fused-ring (bicyclic) bond motifs is 1. The molecule has 0 bridgehead atoms. The summed E-state index contributed by atoms with van der Waals surface area (Å²) in [7, 11) is 0. The number of nitrogens with one attached hydrogen (secondary N) is 1. The Hall–Kier alpha value is -2.36. The number of carbonyl (C=O) groups excluding carboxylic acids is 4. The van der Waals surface area contributed by atoms with E-state index in [-0.39, 0.29) is 6.61 Å². The molecule has 10 nitrogen and oxygen atoms in total. The van der Waals surface area contributed by atoms with Crippen LogP contribution in [0.15, 0.2) is 0 Å². The lowest BCUT2D eigenvalue weighted by atomic mass is 9.97. The summed E-state index contributed by atoms with van der Waals surface area (Å²) in [6, 6.07) is -0.843. The van der Waals surface area contributed by atoms with Crippen molar-refractivity contribution in [3.63, 3.8) is 0 Å². The highest BCUT2D eigenvalue weighted by atomic mass is 16.7. The summed E-state index contributed by atoms with van der Waals surface area (Å²) in [4.78, 5) is 45.1. The van der Waals surface area contributed by atoms with Gasteiger partial charge in [0.25, 0.3) is 0 Å². The molecular weight excluding hydrogens is 314 g/mol. The topological polar surface area (TPSA) is 126 Å². The van der Waals surface area contributed by atoms with E-state index in [2.05, 4.69) is 5.32 Å². The van der Waals surface area contributed by atoms with Crippen molar-refractivity contribution < 1.29 is 42.9 Å². The largest absolute Gasteiger partial charge is 0.463 e. The van der Waals surface area contributed by atoms with Gasteiger partial charge in [-0.2, -0.15) is 0 Å². The summed E-state index contributed by atoms with van der Waals surface area (Å²) in [5.74, 6) is -1.85. The third kappa shape index (κ3) is 4.09. The number of hydrogen-bond donors (Lipinski definition) is 1. The molecule has 1 amide bonds. The summed E-state index contributed by atoms with van der Waals surface area (Å²) in [6.07, 6.45) is -4.88. The average molecular weight is 331 g/mol. The summed E-state index contributed by atoms with van der Waals surface area (Å²) in [6.45, 7) is 3.29. The van der Waals surface area contributed by atoms with Crippen molar-refractivity contribution in [2.45, 2.75) is 51.4 Å². The molecule has 2 saturated heterocycles. The SMILES string of the molecule is CC(=O)OC[C@H]1O[C@H]2OC(=O)N[C@@H]2[C@@H](OC(C)=O)[C@@H]1OC(C)=O. The second kappa shape index (κ2) is 6.82. The fourth-order valence-corrected chi connectivity index (χ4v) is 2.43. The van der Waals surface area contributed by atoms with Crippen LogP contribution in [-0.4, -0.2) is 61.3 Å². The second-order valence-corrected chi connectivity index (χ2v) is 5.07. The number of esters is 3. The maximum atomic E-state index is 11.4. The maximum Gasteiger partial charge on any atom is 0.410 e. The van der Waals surface area contributed by atoms with Crippen molar-refractivity contribution in [1.82, 2.24) is 5.32 Å². The van der Waals surface area contributed by atoms with E-state index in [0.717, 1.165) is 0 Å². The number of amides is 1. The average Bonchev–Trinajstić information content (AvgIpc) is 2.78. The van der Waals surface area contributed by atoms with Crippen LogP contribution in [0.5, 0.6) is 0 Å². The normalized spacial score (nSPS) is 32.1. The van der Waals surface area contributed by atoms with E-state index in [1.807, 2.05) is 0 Å². The molecule has 0 aromatic heterocycles. The number of carbonyl (C=O) groups is 4. The van der Waals surface area contributed by atoms with Crippen molar-refractivity contribution in [3.05, 3.63) is 0 Å². The van der Waals surface area contributed by atoms with Crippen molar-refractivity contribution in [2.75, 3.05) is 6.61 Å². The van der Waals surface area contributed by atoms with Crippen molar-refractivity contribution >= 4 is 24.0 Å². The van der Waals surface area contributed by atoms with Gasteiger partial charge < -0.3 is 29.0 Å². The van der Waals surface area contributed by atoms with E-state index in [1.54, 1.807) is 0 Å². The molecule has 23 heavy (non-hydrogen) atoms. The van der Waals surface area contributed by atoms with Crippen LogP contribution in [0.3, 0.4) is 0 Å². The summed E-state index contributed by atoms with van der Waals surface area (Å²) in [5, 5.41) is 2.44. The van der Waals surface area contributed by atoms with Gasteiger partial charge >= 0.3 is 24.0 Å². The molecule has 0 unspecified atom stereocenters. The van der Waals surface area contributed by atoms with Gasteiger partial charge in [-0.3, -0.25) is 14.4 Å². The molecule has 128 valence electrons. The van der Waals surface area contributed by atoms with E-state index in [4.69, 9.17) is 23.7 Å². The Morgan fingerprint density at radius 2 is 1.65 bits per heavy atom. The van der Waals surface area contributed by atoms with Gasteiger partial charge in [-0.15, -0.1) is 0 Å². The van der Waals surface area contributed by atoms with Gasteiger partial charge in [0.15, 0.2) is 12.2 Å². The first-order valence-electron chi connectivity index (χ1n) is 6.88. The van der Waals surface area contributed by atoms with E-state index >= 15 is 0 Å². The van der Waals surface area contributed by atoms with Crippen LogP contribution in [0.2, 0.25) is 0 Å². The predicted octanol–water partition coefficient (Wildman–Crippen LogP) is -0.754. The smallest absolute Gasteiger partial charge is 0.410 e. The molecule has 0 aliphatic carbocycles. The fourth-order valence-electron chi connectivity index (χ4n) is 2.43. The molecule has 2 aliphatic rings. The molecule has 10 heteroatoms. The van der Waals surface area contributed by atoms with Gasteiger partial charge in [-0.25, -0.2) is 4.79 Å². The Bertz CT molecular complexity index is 520. The van der Waals surface area contributed by atoms with Crippen LogP contribution in [0.1, 0.15) is 20.8 Å². The Morgan fingerprint density at radius 3 is 2.22 bits per heavy atom. The highest BCUT2D eigenvalue weighted by molar-refractivity contribution is 5.71. The molecule has 0 spiro atoms. The summed E-state index contributed by atoms with van der Waals surface area (Å²) in [5.41, 5.74) is 0. The molecule has 1 N–H and O–H groups in total. The predicted molar refractivity (Wildman–Crippen MR) is 69.8 cm³/mol. The van der Waals surface area contributed by atoms with E-state index < -0.39 is 54.6 Å². The lowest BCUT2D eigenvalue weighted by Crippen LogP contribution is -2.62. The van der Waals surface area contributed by atoms with Gasteiger partial charge in [0.1, 0.15) is 18.8 Å². The first-order chi connectivity index (χ1) is 10.8. The maximum absolute atomic E-state index is 11.4. The number of ether oxygens (including phenoxy) is 5. The summed E-state index contributed by atoms with van der Waals surface area (Å²) >= 11 is 0. The van der Waals surface area contributed by atoms with E-state index in [1.165, 1.54) is 20.8 Å². The Morgan fingerprint density at radius 1 is 1.04 bits per heavy atom. The van der Waals surface area contributed by atoms with Crippen LogP contribution in [0, 0.1) is 0 Å². The molecule has 5 atom stereocenters. The second-order valence-electron chi connectivity index (χ2n) is 5.07. The molecule has 0 aromatic carbocycles. The molecule has 2 fully saturated rings. The molecule has 2 aliphatic heterocycles. The molecule has 0 radical (unpaired) electrons. The van der Waals surface area contributed by atoms with E-state index in [0.29, 0.717) is 0 Å². The fraction of sp³-hybridized carbons (Fsp3) is 0.692. The quantitative estimate of drug-likeness (QED) is 0.522. The number of hydrogen-bond acceptors (Lipinski definition) is 9. The molecule has 0 saturated carbocycles. The van der Waals surface area contributed by atoms with Crippen LogP contribution in [0.4, 0.5) is 4.79 Å². The first-order valence-corrected chi connectivity index (χ1v) is 6.88. The third-order valence-electron chi connectivity index (χ3n) is 3.21. The van der Waals surface area contributed by atoms with Crippen molar-refractivity contribution in [2.24, 2.45) is 0 Å². The Balaban J connectivity index is 2.25. The zero-order valence-electron chi connectivity index (χ0n) is 12.8. The minimum absolute atomic E-state index is 0.258. The van der Waals surface area contributed by atoms with Crippen molar-refractivity contribution in [1.29, 1.82) is 0 Å². The third-order valence-corrected chi connectivity index (χ3v) is 3.21. The number of alkyl carbamates (subject to hydrolysis) is 1.